The van der Waals surface area contributed by atoms with Crippen molar-refractivity contribution >= 4 is 11.8 Å². The van der Waals surface area contributed by atoms with Gasteiger partial charge in [0.2, 0.25) is 0 Å². The van der Waals surface area contributed by atoms with E-state index < -0.39 is 6.10 Å². The fourth-order valence-corrected chi connectivity index (χ4v) is 4.03. The SMILES string of the molecule is CCCN(C(=O)C(C)Oc1cccc(C)c1)C1CCN(C(=O)c2ccccc2)CC1. The zero-order valence-electron chi connectivity index (χ0n) is 18.2. The first-order valence-corrected chi connectivity index (χ1v) is 10.9. The van der Waals surface area contributed by atoms with Gasteiger partial charge in [-0.3, -0.25) is 9.59 Å². The molecule has 1 unspecified atom stereocenters. The average molecular weight is 409 g/mol. The van der Waals surface area contributed by atoms with Gasteiger partial charge in [-0.1, -0.05) is 37.3 Å². The number of ether oxygens (including phenoxy) is 1. The second-order valence-corrected chi connectivity index (χ2v) is 8.00. The van der Waals surface area contributed by atoms with E-state index in [1.165, 1.54) is 0 Å². The number of rotatable bonds is 7. The molecule has 2 aromatic carbocycles. The summed E-state index contributed by atoms with van der Waals surface area (Å²) in [7, 11) is 0. The maximum atomic E-state index is 13.2. The van der Waals surface area contributed by atoms with Crippen molar-refractivity contribution in [1.82, 2.24) is 9.80 Å². The third-order valence-corrected chi connectivity index (χ3v) is 5.61. The van der Waals surface area contributed by atoms with Crippen LogP contribution in [0.25, 0.3) is 0 Å². The second-order valence-electron chi connectivity index (χ2n) is 8.00. The Balaban J connectivity index is 1.60. The van der Waals surface area contributed by atoms with Crippen molar-refractivity contribution in [3.05, 3.63) is 65.7 Å². The molecule has 0 aliphatic carbocycles. The maximum Gasteiger partial charge on any atom is 0.263 e. The molecule has 0 radical (unpaired) electrons. The number of piperidine rings is 1. The van der Waals surface area contributed by atoms with Crippen LogP contribution < -0.4 is 4.74 Å². The number of carbonyl (C=O) groups excluding carboxylic acids is 2. The molecule has 1 heterocycles. The van der Waals surface area contributed by atoms with E-state index >= 15 is 0 Å². The van der Waals surface area contributed by atoms with Crippen LogP contribution in [0.4, 0.5) is 0 Å². The predicted molar refractivity (Wildman–Crippen MR) is 119 cm³/mol. The van der Waals surface area contributed by atoms with Gasteiger partial charge in [-0.15, -0.1) is 0 Å². The number of benzene rings is 2. The molecule has 0 N–H and O–H groups in total. The van der Waals surface area contributed by atoms with E-state index in [1.54, 1.807) is 0 Å². The maximum absolute atomic E-state index is 13.2. The smallest absolute Gasteiger partial charge is 0.263 e. The third-order valence-electron chi connectivity index (χ3n) is 5.61. The number of nitrogens with zero attached hydrogens (tertiary/aromatic N) is 2. The summed E-state index contributed by atoms with van der Waals surface area (Å²) in [4.78, 5) is 29.7. The lowest BCUT2D eigenvalue weighted by atomic mass is 10.0. The molecule has 0 spiro atoms. The van der Waals surface area contributed by atoms with Gasteiger partial charge in [0.05, 0.1) is 0 Å². The molecule has 30 heavy (non-hydrogen) atoms. The van der Waals surface area contributed by atoms with E-state index in [0.717, 1.165) is 36.1 Å². The second kappa shape index (κ2) is 10.3. The van der Waals surface area contributed by atoms with E-state index in [0.29, 0.717) is 19.6 Å². The van der Waals surface area contributed by atoms with Gasteiger partial charge < -0.3 is 14.5 Å². The Morgan fingerprint density at radius 2 is 1.80 bits per heavy atom. The van der Waals surface area contributed by atoms with Gasteiger partial charge in [0.15, 0.2) is 6.10 Å². The lowest BCUT2D eigenvalue weighted by molar-refractivity contribution is -0.141. The number of hydrogen-bond donors (Lipinski definition) is 0. The van der Waals surface area contributed by atoms with Gasteiger partial charge in [0.25, 0.3) is 11.8 Å². The number of likely N-dealkylation sites (tertiary alicyclic amines) is 1. The van der Waals surface area contributed by atoms with Crippen LogP contribution in [0.15, 0.2) is 54.6 Å². The first kappa shape index (κ1) is 21.9. The van der Waals surface area contributed by atoms with Crippen LogP contribution in [0, 0.1) is 6.92 Å². The average Bonchev–Trinajstić information content (AvgIpc) is 2.77. The van der Waals surface area contributed by atoms with E-state index in [-0.39, 0.29) is 17.9 Å². The molecular formula is C25H32N2O3. The summed E-state index contributed by atoms with van der Waals surface area (Å²) in [5, 5.41) is 0. The highest BCUT2D eigenvalue weighted by molar-refractivity contribution is 5.94. The Morgan fingerprint density at radius 1 is 1.10 bits per heavy atom. The van der Waals surface area contributed by atoms with E-state index in [4.69, 9.17) is 4.74 Å². The minimum absolute atomic E-state index is 0.0196. The molecule has 1 aliphatic heterocycles. The predicted octanol–water partition coefficient (Wildman–Crippen LogP) is 4.31. The first-order valence-electron chi connectivity index (χ1n) is 10.9. The Kier molecular flexibility index (Phi) is 7.50. The molecule has 1 fully saturated rings. The standard InChI is InChI=1S/C25H32N2O3/c1-4-15-27(24(28)20(3)30-23-12-8-9-19(2)18-23)22-13-16-26(17-14-22)25(29)21-10-6-5-7-11-21/h5-12,18,20,22H,4,13-17H2,1-3H3. The van der Waals surface area contributed by atoms with Crippen LogP contribution in [-0.2, 0) is 4.79 Å². The van der Waals surface area contributed by atoms with Crippen LogP contribution in [0.5, 0.6) is 5.75 Å². The zero-order valence-corrected chi connectivity index (χ0v) is 18.2. The summed E-state index contributed by atoms with van der Waals surface area (Å²) in [5.74, 6) is 0.806. The van der Waals surface area contributed by atoms with Gasteiger partial charge in [0, 0.05) is 31.2 Å². The Hall–Kier alpha value is -2.82. The summed E-state index contributed by atoms with van der Waals surface area (Å²) in [5.41, 5.74) is 1.82. The lowest BCUT2D eigenvalue weighted by Crippen LogP contribution is -2.52. The van der Waals surface area contributed by atoms with Crippen molar-refractivity contribution in [1.29, 1.82) is 0 Å². The van der Waals surface area contributed by atoms with Gasteiger partial charge >= 0.3 is 0 Å². The summed E-state index contributed by atoms with van der Waals surface area (Å²) in [6.07, 6.45) is 1.94. The topological polar surface area (TPSA) is 49.9 Å². The lowest BCUT2D eigenvalue weighted by Gasteiger charge is -2.39. The van der Waals surface area contributed by atoms with Crippen LogP contribution in [0.2, 0.25) is 0 Å². The highest BCUT2D eigenvalue weighted by atomic mass is 16.5. The number of hydrogen-bond acceptors (Lipinski definition) is 3. The van der Waals surface area contributed by atoms with Crippen molar-refractivity contribution in [3.8, 4) is 5.75 Å². The van der Waals surface area contributed by atoms with Gasteiger partial charge in [-0.05, 0) is 62.9 Å². The van der Waals surface area contributed by atoms with Crippen LogP contribution in [-0.4, -0.2) is 53.4 Å². The molecule has 5 heteroatoms. The van der Waals surface area contributed by atoms with Crippen molar-refractivity contribution in [2.75, 3.05) is 19.6 Å². The van der Waals surface area contributed by atoms with Crippen LogP contribution in [0.3, 0.4) is 0 Å². The number of aryl methyl sites for hydroxylation is 1. The van der Waals surface area contributed by atoms with E-state index in [1.807, 2.05) is 78.2 Å². The molecule has 5 nitrogen and oxygen atoms in total. The summed E-state index contributed by atoms with van der Waals surface area (Å²) in [6.45, 7) is 7.95. The number of carbonyl (C=O) groups is 2. The fraction of sp³-hybridized carbons (Fsp3) is 0.440. The molecule has 0 aromatic heterocycles. The Labute approximate surface area is 179 Å². The van der Waals surface area contributed by atoms with Gasteiger partial charge in [0.1, 0.15) is 5.75 Å². The normalized spacial score (nSPS) is 15.5. The summed E-state index contributed by atoms with van der Waals surface area (Å²) in [6, 6.07) is 17.3. The molecule has 1 atom stereocenters. The molecular weight excluding hydrogens is 376 g/mol. The molecule has 2 aromatic rings. The third kappa shape index (κ3) is 5.41. The quantitative estimate of drug-likeness (QED) is 0.686. The summed E-state index contributed by atoms with van der Waals surface area (Å²) >= 11 is 0. The van der Waals surface area contributed by atoms with E-state index in [9.17, 15) is 9.59 Å². The largest absolute Gasteiger partial charge is 0.481 e. The van der Waals surface area contributed by atoms with Gasteiger partial charge in [-0.25, -0.2) is 0 Å². The number of amides is 2. The zero-order chi connectivity index (χ0) is 21.5. The van der Waals surface area contributed by atoms with Gasteiger partial charge in [-0.2, -0.15) is 0 Å². The summed E-state index contributed by atoms with van der Waals surface area (Å²) < 4.78 is 5.94. The van der Waals surface area contributed by atoms with Crippen molar-refractivity contribution in [2.24, 2.45) is 0 Å². The van der Waals surface area contributed by atoms with Crippen molar-refractivity contribution < 1.29 is 14.3 Å². The first-order chi connectivity index (χ1) is 14.5. The molecule has 0 saturated carbocycles. The minimum Gasteiger partial charge on any atom is -0.481 e. The monoisotopic (exact) mass is 408 g/mol. The van der Waals surface area contributed by atoms with E-state index in [2.05, 4.69) is 6.92 Å². The molecule has 3 rings (SSSR count). The molecule has 0 bridgehead atoms. The highest BCUT2D eigenvalue weighted by Gasteiger charge is 2.32. The molecule has 1 aliphatic rings. The van der Waals surface area contributed by atoms with Crippen molar-refractivity contribution in [2.45, 2.75) is 52.2 Å². The molecule has 1 saturated heterocycles. The Morgan fingerprint density at radius 3 is 2.43 bits per heavy atom. The minimum atomic E-state index is -0.540. The van der Waals surface area contributed by atoms with Crippen molar-refractivity contribution in [3.63, 3.8) is 0 Å². The van der Waals surface area contributed by atoms with Crippen LogP contribution in [0.1, 0.15) is 49.0 Å². The Bertz CT molecular complexity index is 844. The highest BCUT2D eigenvalue weighted by Crippen LogP contribution is 2.21. The molecule has 160 valence electrons. The fourth-order valence-electron chi connectivity index (χ4n) is 4.03. The van der Waals surface area contributed by atoms with Crippen LogP contribution >= 0.6 is 0 Å². The molecule has 2 amide bonds.